The van der Waals surface area contributed by atoms with Crippen LogP contribution in [0.2, 0.25) is 0 Å². The quantitative estimate of drug-likeness (QED) is 0.612. The van der Waals surface area contributed by atoms with Gasteiger partial charge in [0.25, 0.3) is 0 Å². The van der Waals surface area contributed by atoms with Crippen LogP contribution in [0.1, 0.15) is 24.1 Å². The van der Waals surface area contributed by atoms with E-state index in [1.54, 1.807) is 12.4 Å². The van der Waals surface area contributed by atoms with Crippen LogP contribution in [0.4, 0.5) is 0 Å². The van der Waals surface area contributed by atoms with Crippen LogP contribution in [0.3, 0.4) is 0 Å². The van der Waals surface area contributed by atoms with Crippen molar-refractivity contribution < 1.29 is 0 Å². The van der Waals surface area contributed by atoms with E-state index in [1.165, 1.54) is 0 Å². The first kappa shape index (κ1) is 16.0. The van der Waals surface area contributed by atoms with E-state index in [0.717, 1.165) is 33.7 Å². The first-order valence-electron chi connectivity index (χ1n) is 8.37. The molecule has 2 N–H and O–H groups in total. The first-order valence-corrected chi connectivity index (χ1v) is 8.37. The Bertz CT molecular complexity index is 1130. The molecule has 5 heteroatoms. The lowest BCUT2D eigenvalue weighted by Gasteiger charge is -2.09. The maximum Gasteiger partial charge on any atom is 0.139 e. The van der Waals surface area contributed by atoms with Crippen molar-refractivity contribution in [1.29, 1.82) is 5.26 Å². The van der Waals surface area contributed by atoms with E-state index in [4.69, 9.17) is 10.7 Å². The summed E-state index contributed by atoms with van der Waals surface area (Å²) in [5, 5.41) is 9.34. The van der Waals surface area contributed by atoms with E-state index in [0.29, 0.717) is 5.56 Å². The number of fused-ring (bicyclic) bond motifs is 1. The van der Waals surface area contributed by atoms with Gasteiger partial charge in [-0.1, -0.05) is 30.3 Å². The summed E-state index contributed by atoms with van der Waals surface area (Å²) in [6.45, 7) is 1.95. The van der Waals surface area contributed by atoms with Crippen molar-refractivity contribution in [3.63, 3.8) is 0 Å². The van der Waals surface area contributed by atoms with Gasteiger partial charge in [0, 0.05) is 11.6 Å². The van der Waals surface area contributed by atoms with Crippen molar-refractivity contribution in [2.45, 2.75) is 13.0 Å². The summed E-state index contributed by atoms with van der Waals surface area (Å²) in [7, 11) is 0. The Hall–Kier alpha value is -3.49. The summed E-state index contributed by atoms with van der Waals surface area (Å²) in [5.41, 5.74) is 11.0. The van der Waals surface area contributed by atoms with Crippen LogP contribution in [0.25, 0.3) is 28.1 Å². The predicted octanol–water partition coefficient (Wildman–Crippen LogP) is 3.98. The first-order chi connectivity index (χ1) is 12.7. The fourth-order valence-corrected chi connectivity index (χ4v) is 3.01. The molecule has 2 aromatic heterocycles. The average Bonchev–Trinajstić information content (AvgIpc) is 3.11. The number of nitrogens with zero attached hydrogens (tertiary/aromatic N) is 4. The van der Waals surface area contributed by atoms with Gasteiger partial charge in [0.15, 0.2) is 0 Å². The number of aromatic nitrogens is 3. The number of hydrogen-bond acceptors (Lipinski definition) is 4. The van der Waals surface area contributed by atoms with E-state index in [-0.39, 0.29) is 6.04 Å². The molecule has 1 atom stereocenters. The van der Waals surface area contributed by atoms with Gasteiger partial charge in [0.2, 0.25) is 0 Å². The van der Waals surface area contributed by atoms with Crippen LogP contribution in [-0.4, -0.2) is 14.5 Å². The lowest BCUT2D eigenvalue weighted by Crippen LogP contribution is -2.04. The molecular weight excluding hydrogens is 322 g/mol. The summed E-state index contributed by atoms with van der Waals surface area (Å²) >= 11 is 0. The third-order valence-corrected chi connectivity index (χ3v) is 4.40. The Morgan fingerprint density at radius 2 is 1.92 bits per heavy atom. The zero-order valence-corrected chi connectivity index (χ0v) is 14.3. The molecule has 0 saturated heterocycles. The van der Waals surface area contributed by atoms with Crippen LogP contribution in [0.15, 0.2) is 67.0 Å². The van der Waals surface area contributed by atoms with E-state index in [9.17, 15) is 5.26 Å². The Balaban J connectivity index is 1.83. The van der Waals surface area contributed by atoms with Crippen molar-refractivity contribution >= 4 is 11.0 Å². The smallest absolute Gasteiger partial charge is 0.139 e. The predicted molar refractivity (Wildman–Crippen MR) is 102 cm³/mol. The molecule has 0 amide bonds. The molecule has 4 aromatic rings. The zero-order valence-electron chi connectivity index (χ0n) is 14.3. The SMILES string of the molecule is CC(N)c1ccc2c(c1)ncn2-c1cccc(-c2ccccc2C#N)n1. The Morgan fingerprint density at radius 1 is 1.08 bits per heavy atom. The second-order valence-electron chi connectivity index (χ2n) is 6.19. The maximum atomic E-state index is 9.34. The standard InChI is InChI=1S/C21H17N5/c1-14(23)15-9-10-20-19(11-15)24-13-26(20)21-8-4-7-18(25-21)17-6-3-2-5-16(17)12-22/h2-11,13-14H,23H2,1H3. The third-order valence-electron chi connectivity index (χ3n) is 4.40. The van der Waals surface area contributed by atoms with E-state index in [2.05, 4.69) is 11.1 Å². The largest absolute Gasteiger partial charge is 0.324 e. The van der Waals surface area contributed by atoms with Crippen LogP contribution in [-0.2, 0) is 0 Å². The summed E-state index contributed by atoms with van der Waals surface area (Å²) in [5.74, 6) is 0.756. The molecule has 5 nitrogen and oxygen atoms in total. The molecule has 2 aromatic carbocycles. The van der Waals surface area contributed by atoms with Gasteiger partial charge in [-0.2, -0.15) is 5.26 Å². The Labute approximate surface area is 151 Å². The van der Waals surface area contributed by atoms with Gasteiger partial charge < -0.3 is 5.73 Å². The van der Waals surface area contributed by atoms with Crippen molar-refractivity contribution in [2.75, 3.05) is 0 Å². The summed E-state index contributed by atoms with van der Waals surface area (Å²) in [4.78, 5) is 9.24. The number of nitrogens with two attached hydrogens (primary N) is 1. The molecule has 0 fully saturated rings. The molecule has 26 heavy (non-hydrogen) atoms. The van der Waals surface area contributed by atoms with Crippen LogP contribution in [0.5, 0.6) is 0 Å². The highest BCUT2D eigenvalue weighted by atomic mass is 15.1. The highest BCUT2D eigenvalue weighted by Crippen LogP contribution is 2.25. The van der Waals surface area contributed by atoms with E-state index < -0.39 is 0 Å². The molecule has 126 valence electrons. The minimum absolute atomic E-state index is 0.0338. The van der Waals surface area contributed by atoms with Crippen LogP contribution in [0, 0.1) is 11.3 Å². The third kappa shape index (κ3) is 2.73. The normalized spacial score (nSPS) is 12.0. The molecular formula is C21H17N5. The van der Waals surface area contributed by atoms with Crippen molar-refractivity contribution in [1.82, 2.24) is 14.5 Å². The lowest BCUT2D eigenvalue weighted by atomic mass is 10.1. The van der Waals surface area contributed by atoms with Gasteiger partial charge in [-0.25, -0.2) is 9.97 Å². The Morgan fingerprint density at radius 3 is 2.73 bits per heavy atom. The fourth-order valence-electron chi connectivity index (χ4n) is 3.01. The average molecular weight is 339 g/mol. The lowest BCUT2D eigenvalue weighted by molar-refractivity contribution is 0.819. The van der Waals surface area contributed by atoms with Gasteiger partial charge in [-0.05, 0) is 42.8 Å². The van der Waals surface area contributed by atoms with Crippen LogP contribution < -0.4 is 5.73 Å². The molecule has 0 saturated carbocycles. The summed E-state index contributed by atoms with van der Waals surface area (Å²) in [6.07, 6.45) is 1.76. The molecule has 4 rings (SSSR count). The number of rotatable bonds is 3. The van der Waals surface area contributed by atoms with Gasteiger partial charge in [-0.3, -0.25) is 4.57 Å². The maximum absolute atomic E-state index is 9.34. The van der Waals surface area contributed by atoms with Gasteiger partial charge in [-0.15, -0.1) is 0 Å². The number of nitriles is 1. The molecule has 0 bridgehead atoms. The fraction of sp³-hybridized carbons (Fsp3) is 0.0952. The van der Waals surface area contributed by atoms with Crippen LogP contribution >= 0.6 is 0 Å². The second kappa shape index (κ2) is 6.43. The minimum Gasteiger partial charge on any atom is -0.324 e. The van der Waals surface area contributed by atoms with Crippen molar-refractivity contribution in [2.24, 2.45) is 5.73 Å². The molecule has 0 aliphatic carbocycles. The molecule has 0 aliphatic rings. The highest BCUT2D eigenvalue weighted by molar-refractivity contribution is 5.78. The number of imidazole rings is 1. The number of pyridine rings is 1. The van der Waals surface area contributed by atoms with Gasteiger partial charge in [0.05, 0.1) is 28.4 Å². The molecule has 0 radical (unpaired) electrons. The number of hydrogen-bond donors (Lipinski definition) is 1. The molecule has 1 unspecified atom stereocenters. The van der Waals surface area contributed by atoms with Crippen molar-refractivity contribution in [3.05, 3.63) is 78.1 Å². The van der Waals surface area contributed by atoms with Gasteiger partial charge in [0.1, 0.15) is 12.1 Å². The number of benzene rings is 2. The minimum atomic E-state index is -0.0338. The Kier molecular flexibility index (Phi) is 3.96. The molecule has 0 aliphatic heterocycles. The topological polar surface area (TPSA) is 80.5 Å². The monoisotopic (exact) mass is 339 g/mol. The summed E-state index contributed by atoms with van der Waals surface area (Å²) < 4.78 is 1.94. The zero-order chi connectivity index (χ0) is 18.1. The molecule has 2 heterocycles. The molecule has 0 spiro atoms. The highest BCUT2D eigenvalue weighted by Gasteiger charge is 2.10. The van der Waals surface area contributed by atoms with Crippen molar-refractivity contribution in [3.8, 4) is 23.1 Å². The van der Waals surface area contributed by atoms with E-state index in [1.807, 2.05) is 66.1 Å². The van der Waals surface area contributed by atoms with Gasteiger partial charge >= 0.3 is 0 Å². The summed E-state index contributed by atoms with van der Waals surface area (Å²) in [6, 6.07) is 21.5. The van der Waals surface area contributed by atoms with E-state index >= 15 is 0 Å². The second-order valence-corrected chi connectivity index (χ2v) is 6.19.